The highest BCUT2D eigenvalue weighted by Gasteiger charge is 2.49. The number of benzene rings is 2. The molecule has 0 amide bonds. The quantitative estimate of drug-likeness (QED) is 0.244. The van der Waals surface area contributed by atoms with Crippen molar-refractivity contribution in [1.29, 1.82) is 0 Å². The van der Waals surface area contributed by atoms with E-state index in [0.29, 0.717) is 55.7 Å². The van der Waals surface area contributed by atoms with Gasteiger partial charge in [-0.2, -0.15) is 0 Å². The van der Waals surface area contributed by atoms with Crippen molar-refractivity contribution >= 4 is 23.2 Å². The molecule has 0 unspecified atom stereocenters. The van der Waals surface area contributed by atoms with Gasteiger partial charge in [0.25, 0.3) is 0 Å². The molecule has 0 bridgehead atoms. The highest BCUT2D eigenvalue weighted by Crippen LogP contribution is 2.55. The van der Waals surface area contributed by atoms with E-state index in [-0.39, 0.29) is 22.4 Å². The van der Waals surface area contributed by atoms with E-state index >= 15 is 0 Å². The minimum atomic E-state index is -0.508. The van der Waals surface area contributed by atoms with E-state index in [2.05, 4.69) is 64.6 Å². The molecule has 0 atom stereocenters. The minimum Gasteiger partial charge on any atom is -0.490 e. The first kappa shape index (κ1) is 33.3. The zero-order chi connectivity index (χ0) is 32.7. The largest absolute Gasteiger partial charge is 0.490 e. The molecule has 45 heavy (non-hydrogen) atoms. The Morgan fingerprint density at radius 3 is 2.04 bits per heavy atom. The van der Waals surface area contributed by atoms with E-state index in [4.69, 9.17) is 25.8 Å². The molecule has 5 rings (SSSR count). The number of hydrogen-bond donors (Lipinski definition) is 0. The number of carbonyl (C=O) groups is 2. The summed E-state index contributed by atoms with van der Waals surface area (Å²) in [7, 11) is 1.71. The average Bonchev–Trinajstić information content (AvgIpc) is 2.93. The fraction of sp³-hybridized carbons (Fsp3) is 0.526. The van der Waals surface area contributed by atoms with Gasteiger partial charge in [-0.25, -0.2) is 0 Å². The summed E-state index contributed by atoms with van der Waals surface area (Å²) in [6.45, 7) is 16.8. The third-order valence-corrected chi connectivity index (χ3v) is 9.65. The summed E-state index contributed by atoms with van der Waals surface area (Å²) in [6.07, 6.45) is 3.17. The van der Waals surface area contributed by atoms with Gasteiger partial charge < -0.3 is 19.1 Å². The standard InChI is InChI=1S/C38H48ClNO5/c1-9-44-32-17-26(16-27(39)36(32)45-22-25-12-11-23(2)24(3)15-25)33-34-28(18-37(4,5)20-30(34)41)40(13-10-14-43-8)29-19-38(6,7)21-31(42)35(29)33/h11-12,15-17,33H,9-10,13-14,18-22H2,1-8H3. The van der Waals surface area contributed by atoms with E-state index < -0.39 is 5.92 Å². The van der Waals surface area contributed by atoms with Gasteiger partial charge >= 0.3 is 0 Å². The topological polar surface area (TPSA) is 65.1 Å². The number of carbonyl (C=O) groups excluding carboxylic acids is 2. The smallest absolute Gasteiger partial charge is 0.180 e. The van der Waals surface area contributed by atoms with Gasteiger partial charge in [-0.1, -0.05) is 57.5 Å². The number of ether oxygens (including phenoxy) is 3. The molecule has 1 aliphatic heterocycles. The predicted molar refractivity (Wildman–Crippen MR) is 179 cm³/mol. The molecule has 0 N–H and O–H groups in total. The highest BCUT2D eigenvalue weighted by atomic mass is 35.5. The molecule has 2 aromatic carbocycles. The van der Waals surface area contributed by atoms with Gasteiger partial charge in [0.15, 0.2) is 23.1 Å². The molecular formula is C38H48ClNO5. The Balaban J connectivity index is 1.65. The molecule has 2 aliphatic carbocycles. The molecule has 2 aromatic rings. The summed E-state index contributed by atoms with van der Waals surface area (Å²) in [5, 5.41) is 0.402. The van der Waals surface area contributed by atoms with Gasteiger partial charge in [-0.15, -0.1) is 0 Å². The number of methoxy groups -OCH3 is 1. The third-order valence-electron chi connectivity index (χ3n) is 9.37. The molecule has 1 heterocycles. The van der Waals surface area contributed by atoms with Crippen LogP contribution in [-0.4, -0.2) is 43.3 Å². The van der Waals surface area contributed by atoms with Crippen molar-refractivity contribution in [2.75, 3.05) is 26.9 Å². The number of nitrogens with zero attached hydrogens (tertiary/aromatic N) is 1. The van der Waals surface area contributed by atoms with Gasteiger partial charge in [0.05, 0.1) is 11.6 Å². The number of halogens is 1. The second-order valence-electron chi connectivity index (χ2n) is 14.5. The van der Waals surface area contributed by atoms with Crippen LogP contribution in [0.3, 0.4) is 0 Å². The SMILES string of the molecule is CCOc1cc(C2C3=C(CC(C)(C)CC3=O)N(CCCOC)C3=C2C(=O)CC(C)(C)C3)cc(Cl)c1OCc1ccc(C)c(C)c1. The van der Waals surface area contributed by atoms with Gasteiger partial charge in [0.2, 0.25) is 0 Å². The van der Waals surface area contributed by atoms with E-state index in [9.17, 15) is 9.59 Å². The monoisotopic (exact) mass is 633 g/mol. The summed E-state index contributed by atoms with van der Waals surface area (Å²) in [6, 6.07) is 10.1. The van der Waals surface area contributed by atoms with Gasteiger partial charge in [0.1, 0.15) is 6.61 Å². The van der Waals surface area contributed by atoms with E-state index in [0.717, 1.165) is 52.9 Å². The number of Topliss-reactive ketones (excluding diaryl/α,β-unsaturated/α-hetero) is 2. The molecule has 3 aliphatic rings. The Bertz CT molecular complexity index is 1510. The normalized spacial score (nSPS) is 19.5. The Labute approximate surface area is 273 Å². The fourth-order valence-electron chi connectivity index (χ4n) is 7.22. The van der Waals surface area contributed by atoms with Crippen molar-refractivity contribution in [3.05, 3.63) is 80.1 Å². The van der Waals surface area contributed by atoms with Crippen LogP contribution >= 0.6 is 11.6 Å². The van der Waals surface area contributed by atoms with Crippen molar-refractivity contribution in [2.24, 2.45) is 10.8 Å². The first-order valence-electron chi connectivity index (χ1n) is 16.2. The van der Waals surface area contributed by atoms with Crippen molar-refractivity contribution < 1.29 is 23.8 Å². The zero-order valence-electron chi connectivity index (χ0n) is 28.2. The predicted octanol–water partition coefficient (Wildman–Crippen LogP) is 8.66. The molecular weight excluding hydrogens is 586 g/mol. The van der Waals surface area contributed by atoms with Crippen LogP contribution in [0.5, 0.6) is 11.5 Å². The van der Waals surface area contributed by atoms with Crippen molar-refractivity contribution in [3.8, 4) is 11.5 Å². The molecule has 0 fully saturated rings. The van der Waals surface area contributed by atoms with Crippen molar-refractivity contribution in [1.82, 2.24) is 4.90 Å². The maximum absolute atomic E-state index is 14.2. The van der Waals surface area contributed by atoms with E-state index in [1.807, 2.05) is 19.1 Å². The summed E-state index contributed by atoms with van der Waals surface area (Å²) in [5.41, 5.74) is 7.39. The van der Waals surface area contributed by atoms with Crippen LogP contribution in [0.2, 0.25) is 5.02 Å². The van der Waals surface area contributed by atoms with Crippen LogP contribution in [0.25, 0.3) is 0 Å². The number of aryl methyl sites for hydroxylation is 2. The third kappa shape index (κ3) is 6.88. The molecule has 0 saturated carbocycles. The van der Waals surface area contributed by atoms with Crippen molar-refractivity contribution in [2.45, 2.75) is 93.1 Å². The minimum absolute atomic E-state index is 0.0938. The number of hydrogen-bond acceptors (Lipinski definition) is 6. The Morgan fingerprint density at radius 1 is 0.867 bits per heavy atom. The summed E-state index contributed by atoms with van der Waals surface area (Å²) < 4.78 is 17.8. The summed E-state index contributed by atoms with van der Waals surface area (Å²) in [5.74, 6) is 0.662. The van der Waals surface area contributed by atoms with Crippen LogP contribution < -0.4 is 9.47 Å². The van der Waals surface area contributed by atoms with E-state index in [1.165, 1.54) is 11.1 Å². The first-order valence-corrected chi connectivity index (χ1v) is 16.6. The lowest BCUT2D eigenvalue weighted by Crippen LogP contribution is -2.44. The molecule has 242 valence electrons. The summed E-state index contributed by atoms with van der Waals surface area (Å²) >= 11 is 7.01. The lowest BCUT2D eigenvalue weighted by molar-refractivity contribution is -0.119. The van der Waals surface area contributed by atoms with Crippen LogP contribution in [-0.2, 0) is 20.9 Å². The molecule has 0 spiro atoms. The average molecular weight is 634 g/mol. The van der Waals surface area contributed by atoms with Crippen LogP contribution in [0, 0.1) is 24.7 Å². The maximum Gasteiger partial charge on any atom is 0.180 e. The van der Waals surface area contributed by atoms with Gasteiger partial charge in [-0.3, -0.25) is 9.59 Å². The Morgan fingerprint density at radius 2 is 1.49 bits per heavy atom. The fourth-order valence-corrected chi connectivity index (χ4v) is 7.50. The van der Waals surface area contributed by atoms with Crippen LogP contribution in [0.15, 0.2) is 52.9 Å². The van der Waals surface area contributed by atoms with Gasteiger partial charge in [-0.05, 0) is 85.3 Å². The van der Waals surface area contributed by atoms with E-state index in [1.54, 1.807) is 7.11 Å². The zero-order valence-corrected chi connectivity index (χ0v) is 29.0. The van der Waals surface area contributed by atoms with Gasteiger partial charge in [0, 0.05) is 61.6 Å². The second-order valence-corrected chi connectivity index (χ2v) is 14.9. The Hall–Kier alpha value is -3.09. The maximum atomic E-state index is 14.2. The molecule has 7 heteroatoms. The summed E-state index contributed by atoms with van der Waals surface area (Å²) in [4.78, 5) is 30.6. The number of rotatable bonds is 10. The molecule has 0 saturated heterocycles. The lowest BCUT2D eigenvalue weighted by Gasteiger charge is -2.49. The number of ketones is 2. The number of allylic oxidation sites excluding steroid dienone is 4. The van der Waals surface area contributed by atoms with Crippen LogP contribution in [0.4, 0.5) is 0 Å². The molecule has 0 aromatic heterocycles. The van der Waals surface area contributed by atoms with Crippen molar-refractivity contribution in [3.63, 3.8) is 0 Å². The molecule has 6 nitrogen and oxygen atoms in total. The Kier molecular flexibility index (Phi) is 9.58. The first-order chi connectivity index (χ1) is 21.2. The highest BCUT2D eigenvalue weighted by molar-refractivity contribution is 6.32. The lowest BCUT2D eigenvalue weighted by atomic mass is 9.63. The molecule has 0 radical (unpaired) electrons. The van der Waals surface area contributed by atoms with Crippen LogP contribution in [0.1, 0.15) is 94.9 Å². The second kappa shape index (κ2) is 13.0.